The molecule has 0 saturated carbocycles. The predicted molar refractivity (Wildman–Crippen MR) is 68.3 cm³/mol. The Balaban J connectivity index is 2.19. The van der Waals surface area contributed by atoms with Gasteiger partial charge in [-0.25, -0.2) is 4.39 Å². The molecule has 0 aliphatic carbocycles. The lowest BCUT2D eigenvalue weighted by Gasteiger charge is -2.15. The minimum Gasteiger partial charge on any atom is -0.330 e. The average Bonchev–Trinajstić information content (AvgIpc) is 2.39. The third-order valence-electron chi connectivity index (χ3n) is 2.98. The Hall–Kier alpha value is -1.67. The molecule has 0 unspecified atom stereocenters. The van der Waals surface area contributed by atoms with Crippen LogP contribution < -0.4 is 5.73 Å². The van der Waals surface area contributed by atoms with Gasteiger partial charge in [-0.05, 0) is 30.2 Å². The first-order valence-electron chi connectivity index (χ1n) is 5.79. The van der Waals surface area contributed by atoms with E-state index in [-0.39, 0.29) is 11.7 Å². The molecule has 0 amide bonds. The fraction of sp³-hybridized carbons (Fsp3) is 0.200. The van der Waals surface area contributed by atoms with E-state index in [2.05, 4.69) is 0 Å². The molecule has 17 heavy (non-hydrogen) atoms. The Bertz CT molecular complexity index is 467. The zero-order valence-corrected chi connectivity index (χ0v) is 9.64. The van der Waals surface area contributed by atoms with Crippen molar-refractivity contribution < 1.29 is 4.39 Å². The first-order valence-corrected chi connectivity index (χ1v) is 5.79. The molecule has 0 bridgehead atoms. The summed E-state index contributed by atoms with van der Waals surface area (Å²) in [6.07, 6.45) is 0.646. The topological polar surface area (TPSA) is 26.0 Å². The fourth-order valence-electron chi connectivity index (χ4n) is 1.99. The molecule has 0 fully saturated rings. The van der Waals surface area contributed by atoms with Crippen LogP contribution in [0.25, 0.3) is 0 Å². The first kappa shape index (κ1) is 11.8. The summed E-state index contributed by atoms with van der Waals surface area (Å²) in [6.45, 7) is 0.526. The van der Waals surface area contributed by atoms with Gasteiger partial charge in [0.1, 0.15) is 5.82 Å². The lowest BCUT2D eigenvalue weighted by atomic mass is 9.92. The van der Waals surface area contributed by atoms with Gasteiger partial charge in [-0.2, -0.15) is 0 Å². The van der Waals surface area contributed by atoms with Crippen molar-refractivity contribution in [1.82, 2.24) is 0 Å². The van der Waals surface area contributed by atoms with Crippen LogP contribution in [0.3, 0.4) is 0 Å². The van der Waals surface area contributed by atoms with Crippen LogP contribution in [0.15, 0.2) is 54.6 Å². The molecule has 2 heteroatoms. The lowest BCUT2D eigenvalue weighted by molar-refractivity contribution is 0.590. The molecule has 0 heterocycles. The van der Waals surface area contributed by atoms with Crippen LogP contribution in [0.2, 0.25) is 0 Å². The molecule has 88 valence electrons. The van der Waals surface area contributed by atoms with Crippen LogP contribution in [0.4, 0.5) is 4.39 Å². The van der Waals surface area contributed by atoms with Crippen LogP contribution >= 0.6 is 0 Å². The summed E-state index contributed by atoms with van der Waals surface area (Å²) in [5.41, 5.74) is 7.67. The highest BCUT2D eigenvalue weighted by Crippen LogP contribution is 2.21. The largest absolute Gasteiger partial charge is 0.330 e. The average molecular weight is 229 g/mol. The van der Waals surface area contributed by atoms with Crippen molar-refractivity contribution in [3.05, 3.63) is 71.5 Å². The van der Waals surface area contributed by atoms with E-state index in [1.54, 1.807) is 6.07 Å². The minimum absolute atomic E-state index is 0.151. The third kappa shape index (κ3) is 2.92. The van der Waals surface area contributed by atoms with Crippen molar-refractivity contribution in [2.75, 3.05) is 6.54 Å². The van der Waals surface area contributed by atoms with Gasteiger partial charge >= 0.3 is 0 Å². The predicted octanol–water partition coefficient (Wildman–Crippen LogP) is 3.11. The molecule has 2 aromatic carbocycles. The zero-order chi connectivity index (χ0) is 12.1. The quantitative estimate of drug-likeness (QED) is 0.856. The van der Waals surface area contributed by atoms with Gasteiger partial charge in [0.2, 0.25) is 0 Å². The van der Waals surface area contributed by atoms with Gasteiger partial charge in [-0.15, -0.1) is 0 Å². The van der Waals surface area contributed by atoms with E-state index in [4.69, 9.17) is 5.73 Å². The number of hydrogen-bond donors (Lipinski definition) is 1. The van der Waals surface area contributed by atoms with E-state index in [1.165, 1.54) is 11.6 Å². The maximum absolute atomic E-state index is 13.6. The van der Waals surface area contributed by atoms with Crippen LogP contribution in [0.1, 0.15) is 17.0 Å². The van der Waals surface area contributed by atoms with Gasteiger partial charge in [0.05, 0.1) is 0 Å². The van der Waals surface area contributed by atoms with Crippen LogP contribution in [-0.2, 0) is 6.42 Å². The van der Waals surface area contributed by atoms with E-state index in [0.717, 1.165) is 5.56 Å². The Morgan fingerprint density at radius 1 is 0.941 bits per heavy atom. The van der Waals surface area contributed by atoms with Crippen molar-refractivity contribution >= 4 is 0 Å². The molecule has 0 radical (unpaired) electrons. The summed E-state index contributed by atoms with van der Waals surface area (Å²) in [7, 11) is 0. The maximum atomic E-state index is 13.6. The highest BCUT2D eigenvalue weighted by Gasteiger charge is 2.12. The van der Waals surface area contributed by atoms with E-state index < -0.39 is 0 Å². The Labute approximate surface area is 101 Å². The maximum Gasteiger partial charge on any atom is 0.126 e. The number of nitrogens with two attached hydrogens (primary N) is 1. The van der Waals surface area contributed by atoms with Gasteiger partial charge in [-0.3, -0.25) is 0 Å². The van der Waals surface area contributed by atoms with Crippen molar-refractivity contribution in [2.45, 2.75) is 12.3 Å². The van der Waals surface area contributed by atoms with Crippen LogP contribution in [-0.4, -0.2) is 6.54 Å². The molecule has 2 N–H and O–H groups in total. The highest BCUT2D eigenvalue weighted by molar-refractivity contribution is 5.25. The summed E-state index contributed by atoms with van der Waals surface area (Å²) < 4.78 is 13.6. The van der Waals surface area contributed by atoms with E-state index in [0.29, 0.717) is 13.0 Å². The highest BCUT2D eigenvalue weighted by atomic mass is 19.1. The van der Waals surface area contributed by atoms with Gasteiger partial charge in [-0.1, -0.05) is 48.5 Å². The van der Waals surface area contributed by atoms with Crippen molar-refractivity contribution in [1.29, 1.82) is 0 Å². The first-order chi connectivity index (χ1) is 8.31. The van der Waals surface area contributed by atoms with Gasteiger partial charge in [0.15, 0.2) is 0 Å². The fourth-order valence-corrected chi connectivity index (χ4v) is 1.99. The van der Waals surface area contributed by atoms with Crippen molar-refractivity contribution in [3.63, 3.8) is 0 Å². The molecule has 0 spiro atoms. The van der Waals surface area contributed by atoms with E-state index in [1.807, 2.05) is 42.5 Å². The van der Waals surface area contributed by atoms with E-state index in [9.17, 15) is 4.39 Å². The normalized spacial score (nSPS) is 12.4. The van der Waals surface area contributed by atoms with Crippen LogP contribution in [0.5, 0.6) is 0 Å². The summed E-state index contributed by atoms with van der Waals surface area (Å²) >= 11 is 0. The van der Waals surface area contributed by atoms with Crippen molar-refractivity contribution in [3.8, 4) is 0 Å². The Morgan fingerprint density at radius 2 is 1.59 bits per heavy atom. The molecule has 1 nitrogen and oxygen atoms in total. The second kappa shape index (κ2) is 5.60. The van der Waals surface area contributed by atoms with Crippen molar-refractivity contribution in [2.24, 2.45) is 5.73 Å². The molecule has 2 rings (SSSR count). The summed E-state index contributed by atoms with van der Waals surface area (Å²) in [6, 6.07) is 16.9. The standard InChI is InChI=1S/C15H16FN/c16-15-9-5-4-8-13(15)10-14(11-17)12-6-2-1-3-7-12/h1-9,14H,10-11,17H2/t14-/m1/s1. The molecule has 0 aliphatic heterocycles. The molecular weight excluding hydrogens is 213 g/mol. The summed E-state index contributed by atoms with van der Waals surface area (Å²) in [5, 5.41) is 0. The van der Waals surface area contributed by atoms with Gasteiger partial charge < -0.3 is 5.73 Å². The second-order valence-corrected chi connectivity index (χ2v) is 4.14. The second-order valence-electron chi connectivity index (χ2n) is 4.14. The molecule has 0 saturated heterocycles. The number of halogens is 1. The SMILES string of the molecule is NC[C@@H](Cc1ccccc1F)c1ccccc1. The Morgan fingerprint density at radius 3 is 2.24 bits per heavy atom. The summed E-state index contributed by atoms with van der Waals surface area (Å²) in [4.78, 5) is 0. The lowest BCUT2D eigenvalue weighted by Crippen LogP contribution is -2.15. The number of benzene rings is 2. The molecule has 0 aliphatic rings. The molecule has 0 aromatic heterocycles. The zero-order valence-electron chi connectivity index (χ0n) is 9.64. The molecule has 1 atom stereocenters. The summed E-state index contributed by atoms with van der Waals surface area (Å²) in [5.74, 6) is 0.0231. The molecule has 2 aromatic rings. The number of hydrogen-bond acceptors (Lipinski definition) is 1. The Kier molecular flexibility index (Phi) is 3.89. The smallest absolute Gasteiger partial charge is 0.126 e. The number of rotatable bonds is 4. The third-order valence-corrected chi connectivity index (χ3v) is 2.98. The van der Waals surface area contributed by atoms with Gasteiger partial charge in [0, 0.05) is 5.92 Å². The monoisotopic (exact) mass is 229 g/mol. The van der Waals surface area contributed by atoms with Gasteiger partial charge in [0.25, 0.3) is 0 Å². The van der Waals surface area contributed by atoms with E-state index >= 15 is 0 Å². The molecular formula is C15H16FN. The minimum atomic E-state index is -0.151. The van der Waals surface area contributed by atoms with Crippen LogP contribution in [0, 0.1) is 5.82 Å².